The van der Waals surface area contributed by atoms with Crippen molar-refractivity contribution in [2.75, 3.05) is 0 Å². The maximum atomic E-state index is 11.2. The Morgan fingerprint density at radius 3 is 2.90 bits per heavy atom. The van der Waals surface area contributed by atoms with Gasteiger partial charge in [0, 0.05) is 0 Å². The maximum absolute atomic E-state index is 11.2. The van der Waals surface area contributed by atoms with Crippen LogP contribution in [0.5, 0.6) is 0 Å². The minimum atomic E-state index is -0.0273. The molecule has 0 aliphatic carbocycles. The van der Waals surface area contributed by atoms with E-state index in [0.29, 0.717) is 14.5 Å². The van der Waals surface area contributed by atoms with Crippen LogP contribution in [0, 0.1) is 0 Å². The van der Waals surface area contributed by atoms with Crippen molar-refractivity contribution in [3.8, 4) is 0 Å². The van der Waals surface area contributed by atoms with Crippen LogP contribution >= 0.6 is 15.9 Å². The molecule has 1 atom stereocenters. The van der Waals surface area contributed by atoms with E-state index in [9.17, 15) is 4.79 Å². The van der Waals surface area contributed by atoms with Crippen molar-refractivity contribution in [3.63, 3.8) is 0 Å². The molecule has 0 saturated heterocycles. The molecule has 0 radical (unpaired) electrons. The summed E-state index contributed by atoms with van der Waals surface area (Å²) in [5, 5.41) is 0. The van der Waals surface area contributed by atoms with E-state index in [1.807, 2.05) is 19.1 Å². The van der Waals surface area contributed by atoms with Crippen molar-refractivity contribution in [2.45, 2.75) is 11.8 Å². The molecule has 54 valence electrons. The number of alkyl halides is 1. The van der Waals surface area contributed by atoms with E-state index in [4.69, 9.17) is 0 Å². The zero-order valence-electron chi connectivity index (χ0n) is 5.50. The molecule has 0 amide bonds. The van der Waals surface area contributed by atoms with Crippen LogP contribution in [0.25, 0.3) is 0 Å². The predicted molar refractivity (Wildman–Crippen MR) is 46.1 cm³/mol. The van der Waals surface area contributed by atoms with Crippen LogP contribution in [0.3, 0.4) is 0 Å². The van der Waals surface area contributed by atoms with Gasteiger partial charge in [-0.15, -0.1) is 0 Å². The SMILES string of the molecule is CC(Br)C(=O)c1ccc[se]1. The van der Waals surface area contributed by atoms with Crippen molar-refractivity contribution in [3.05, 3.63) is 21.5 Å². The Morgan fingerprint density at radius 1 is 1.80 bits per heavy atom. The van der Waals surface area contributed by atoms with E-state index in [1.54, 1.807) is 0 Å². The van der Waals surface area contributed by atoms with Gasteiger partial charge in [0.25, 0.3) is 0 Å². The number of rotatable bonds is 2. The van der Waals surface area contributed by atoms with Gasteiger partial charge in [-0.3, -0.25) is 0 Å². The van der Waals surface area contributed by atoms with Gasteiger partial charge < -0.3 is 0 Å². The van der Waals surface area contributed by atoms with Crippen molar-refractivity contribution < 1.29 is 4.79 Å². The monoisotopic (exact) mass is 266 g/mol. The number of carbonyl (C=O) groups excluding carboxylic acids is 1. The minimum absolute atomic E-state index is 0.0273. The zero-order valence-corrected chi connectivity index (χ0v) is 8.80. The number of halogens is 1. The molecule has 0 aromatic carbocycles. The second-order valence-electron chi connectivity index (χ2n) is 1.96. The van der Waals surface area contributed by atoms with E-state index < -0.39 is 0 Å². The molecule has 1 aromatic heterocycles. The molecule has 0 spiro atoms. The fourth-order valence-corrected chi connectivity index (χ4v) is 2.78. The van der Waals surface area contributed by atoms with Crippen LogP contribution in [0.2, 0.25) is 0 Å². The molecule has 0 aliphatic heterocycles. The van der Waals surface area contributed by atoms with E-state index in [2.05, 4.69) is 20.9 Å². The van der Waals surface area contributed by atoms with E-state index in [-0.39, 0.29) is 10.6 Å². The van der Waals surface area contributed by atoms with E-state index in [1.165, 1.54) is 0 Å². The average Bonchev–Trinajstić information content (AvgIpc) is 2.36. The third-order valence-electron chi connectivity index (χ3n) is 1.13. The third-order valence-corrected chi connectivity index (χ3v) is 3.40. The summed E-state index contributed by atoms with van der Waals surface area (Å²) in [6.45, 7) is 1.86. The quantitative estimate of drug-likeness (QED) is 0.452. The summed E-state index contributed by atoms with van der Waals surface area (Å²) in [6.07, 6.45) is 0. The second-order valence-corrected chi connectivity index (χ2v) is 5.32. The van der Waals surface area contributed by atoms with Gasteiger partial charge in [-0.2, -0.15) is 0 Å². The molecule has 3 heteroatoms. The summed E-state index contributed by atoms with van der Waals surface area (Å²) >= 11 is 3.53. The number of carbonyl (C=O) groups is 1. The Kier molecular flexibility index (Phi) is 2.90. The first-order chi connectivity index (χ1) is 4.72. The third kappa shape index (κ3) is 1.82. The average molecular weight is 266 g/mol. The molecule has 1 nitrogen and oxygen atoms in total. The summed E-state index contributed by atoms with van der Waals surface area (Å²) < 4.78 is 0.969. The van der Waals surface area contributed by atoms with Crippen LogP contribution in [0.1, 0.15) is 16.2 Å². The standard InChI is InChI=1S/C7H7BrOSe/c1-5(8)7(9)6-3-2-4-10-6/h2-5H,1H3. The molecule has 1 heterocycles. The first-order valence-corrected chi connectivity index (χ1v) is 5.69. The van der Waals surface area contributed by atoms with Gasteiger partial charge in [0.05, 0.1) is 0 Å². The fourth-order valence-electron chi connectivity index (χ4n) is 0.615. The first-order valence-electron chi connectivity index (χ1n) is 2.93. The van der Waals surface area contributed by atoms with Gasteiger partial charge in [0.1, 0.15) is 0 Å². The molecule has 0 saturated carbocycles. The molecule has 0 bridgehead atoms. The number of ketones is 1. The van der Waals surface area contributed by atoms with Gasteiger partial charge in [-0.05, 0) is 0 Å². The summed E-state index contributed by atoms with van der Waals surface area (Å²) in [4.78, 5) is 13.2. The summed E-state index contributed by atoms with van der Waals surface area (Å²) in [6, 6.07) is 3.85. The van der Waals surface area contributed by atoms with Crippen molar-refractivity contribution in [2.24, 2.45) is 0 Å². The molecular formula is C7H7BrOSe. The number of hydrogen-bond acceptors (Lipinski definition) is 1. The van der Waals surface area contributed by atoms with Crippen molar-refractivity contribution in [1.29, 1.82) is 0 Å². The summed E-state index contributed by atoms with van der Waals surface area (Å²) in [7, 11) is 0. The molecule has 0 N–H and O–H groups in total. The Balaban J connectivity index is 2.78. The second kappa shape index (κ2) is 3.51. The Bertz CT molecular complexity index is 216. The Labute approximate surface area is 74.3 Å². The van der Waals surface area contributed by atoms with Crippen molar-refractivity contribution >= 4 is 36.2 Å². The molecule has 0 aliphatic rings. The Morgan fingerprint density at radius 2 is 2.50 bits per heavy atom. The summed E-state index contributed by atoms with van der Waals surface area (Å²) in [5.41, 5.74) is 0. The van der Waals surface area contributed by atoms with Gasteiger partial charge in [0.2, 0.25) is 0 Å². The molecule has 10 heavy (non-hydrogen) atoms. The summed E-state index contributed by atoms with van der Waals surface area (Å²) in [5.74, 6) is 0.227. The topological polar surface area (TPSA) is 17.1 Å². The molecule has 1 aromatic rings. The van der Waals surface area contributed by atoms with Crippen molar-refractivity contribution in [1.82, 2.24) is 0 Å². The van der Waals surface area contributed by atoms with Gasteiger partial charge in [0.15, 0.2) is 0 Å². The fraction of sp³-hybridized carbons (Fsp3) is 0.286. The predicted octanol–water partition coefficient (Wildman–Crippen LogP) is 1.71. The first kappa shape index (κ1) is 8.25. The molecular weight excluding hydrogens is 259 g/mol. The molecule has 1 unspecified atom stereocenters. The molecule has 0 fully saturated rings. The van der Waals surface area contributed by atoms with Crippen LogP contribution < -0.4 is 0 Å². The van der Waals surface area contributed by atoms with E-state index >= 15 is 0 Å². The van der Waals surface area contributed by atoms with E-state index in [0.717, 1.165) is 4.44 Å². The number of Topliss-reactive ketones (excluding diaryl/α,β-unsaturated/α-hetero) is 1. The van der Waals surface area contributed by atoms with Crippen LogP contribution in [0.4, 0.5) is 0 Å². The number of hydrogen-bond donors (Lipinski definition) is 0. The van der Waals surface area contributed by atoms with Gasteiger partial charge in [-0.1, -0.05) is 0 Å². The zero-order chi connectivity index (χ0) is 7.56. The molecule has 1 rings (SSSR count). The van der Waals surface area contributed by atoms with Gasteiger partial charge >= 0.3 is 74.3 Å². The van der Waals surface area contributed by atoms with Gasteiger partial charge in [-0.25, -0.2) is 0 Å². The van der Waals surface area contributed by atoms with Crippen LogP contribution in [0.15, 0.2) is 17.1 Å². The Hall–Kier alpha value is 0.149. The van der Waals surface area contributed by atoms with Crippen LogP contribution in [-0.2, 0) is 0 Å². The van der Waals surface area contributed by atoms with Crippen LogP contribution in [-0.4, -0.2) is 25.1 Å². The normalized spacial score (nSPS) is 13.0.